The van der Waals surface area contributed by atoms with Crippen LogP contribution >= 0.6 is 11.6 Å². The third kappa shape index (κ3) is 3.03. The predicted molar refractivity (Wildman–Crippen MR) is 72.3 cm³/mol. The SMILES string of the molecule is CC(C)c1nc(Cl)cc(Oc2cccc(F)c2C#N)n1. The Morgan fingerprint density at radius 2 is 2.10 bits per heavy atom. The van der Waals surface area contributed by atoms with Gasteiger partial charge in [-0.1, -0.05) is 31.5 Å². The molecule has 1 aromatic heterocycles. The van der Waals surface area contributed by atoms with Crippen LogP contribution in [0.25, 0.3) is 0 Å². The van der Waals surface area contributed by atoms with Crippen molar-refractivity contribution < 1.29 is 9.13 Å². The van der Waals surface area contributed by atoms with E-state index in [9.17, 15) is 4.39 Å². The summed E-state index contributed by atoms with van der Waals surface area (Å²) < 4.78 is 18.9. The zero-order chi connectivity index (χ0) is 14.7. The first-order valence-corrected chi connectivity index (χ1v) is 6.30. The van der Waals surface area contributed by atoms with Crippen molar-refractivity contribution in [1.82, 2.24) is 9.97 Å². The van der Waals surface area contributed by atoms with E-state index in [1.807, 2.05) is 13.8 Å². The van der Waals surface area contributed by atoms with Crippen molar-refractivity contribution >= 4 is 11.6 Å². The van der Waals surface area contributed by atoms with Gasteiger partial charge >= 0.3 is 0 Å². The largest absolute Gasteiger partial charge is 0.437 e. The lowest BCUT2D eigenvalue weighted by Crippen LogP contribution is -2.00. The molecule has 0 aliphatic rings. The van der Waals surface area contributed by atoms with E-state index in [4.69, 9.17) is 21.6 Å². The highest BCUT2D eigenvalue weighted by molar-refractivity contribution is 6.29. The zero-order valence-corrected chi connectivity index (χ0v) is 11.6. The van der Waals surface area contributed by atoms with Crippen LogP contribution in [0.2, 0.25) is 5.15 Å². The first-order chi connectivity index (χ1) is 9.51. The minimum atomic E-state index is -0.644. The van der Waals surface area contributed by atoms with Crippen LogP contribution in [0.3, 0.4) is 0 Å². The average molecular weight is 292 g/mol. The molecule has 1 heterocycles. The van der Waals surface area contributed by atoms with Crippen LogP contribution in [0.4, 0.5) is 4.39 Å². The molecule has 0 saturated heterocycles. The number of rotatable bonds is 3. The first kappa shape index (κ1) is 14.2. The van der Waals surface area contributed by atoms with Crippen LogP contribution in [0.15, 0.2) is 24.3 Å². The van der Waals surface area contributed by atoms with Crippen molar-refractivity contribution in [3.8, 4) is 17.7 Å². The summed E-state index contributed by atoms with van der Waals surface area (Å²) in [6.07, 6.45) is 0. The predicted octanol–water partition coefficient (Wildman–Crippen LogP) is 4.06. The summed E-state index contributed by atoms with van der Waals surface area (Å²) in [5.41, 5.74) is -0.173. The molecule has 102 valence electrons. The van der Waals surface area contributed by atoms with E-state index in [1.165, 1.54) is 24.3 Å². The Morgan fingerprint density at radius 1 is 1.35 bits per heavy atom. The highest BCUT2D eigenvalue weighted by atomic mass is 35.5. The normalized spacial score (nSPS) is 10.4. The number of hydrogen-bond acceptors (Lipinski definition) is 4. The number of aromatic nitrogens is 2. The molecule has 0 saturated carbocycles. The van der Waals surface area contributed by atoms with Crippen LogP contribution in [0.5, 0.6) is 11.6 Å². The number of halogens is 2. The van der Waals surface area contributed by atoms with E-state index in [0.717, 1.165) is 0 Å². The number of benzene rings is 1. The Balaban J connectivity index is 2.41. The molecule has 4 nitrogen and oxygen atoms in total. The Hall–Kier alpha value is -2.19. The molecule has 20 heavy (non-hydrogen) atoms. The maximum atomic E-state index is 13.5. The van der Waals surface area contributed by atoms with Gasteiger partial charge in [-0.15, -0.1) is 0 Å². The Morgan fingerprint density at radius 3 is 2.75 bits per heavy atom. The molecule has 0 N–H and O–H groups in total. The Bertz CT molecular complexity index is 683. The molecule has 0 bridgehead atoms. The lowest BCUT2D eigenvalue weighted by atomic mass is 10.2. The lowest BCUT2D eigenvalue weighted by molar-refractivity contribution is 0.450. The van der Waals surface area contributed by atoms with E-state index >= 15 is 0 Å². The highest BCUT2D eigenvalue weighted by Gasteiger charge is 2.13. The maximum absolute atomic E-state index is 13.5. The summed E-state index contributed by atoms with van der Waals surface area (Å²) in [5, 5.41) is 9.18. The molecule has 0 amide bonds. The van der Waals surface area contributed by atoms with Crippen LogP contribution in [0.1, 0.15) is 31.2 Å². The molecule has 0 aliphatic heterocycles. The van der Waals surface area contributed by atoms with Gasteiger partial charge in [0.05, 0.1) is 0 Å². The quantitative estimate of drug-likeness (QED) is 0.800. The fraction of sp³-hybridized carbons (Fsp3) is 0.214. The van der Waals surface area contributed by atoms with Gasteiger partial charge in [0.15, 0.2) is 0 Å². The highest BCUT2D eigenvalue weighted by Crippen LogP contribution is 2.27. The molecule has 2 rings (SSSR count). The summed E-state index contributed by atoms with van der Waals surface area (Å²) in [6.45, 7) is 3.83. The van der Waals surface area contributed by atoms with Gasteiger partial charge in [-0.3, -0.25) is 0 Å². The third-order valence-electron chi connectivity index (χ3n) is 2.51. The van der Waals surface area contributed by atoms with Crippen molar-refractivity contribution in [2.75, 3.05) is 0 Å². The van der Waals surface area contributed by atoms with E-state index in [2.05, 4.69) is 9.97 Å². The summed E-state index contributed by atoms with van der Waals surface area (Å²) in [6, 6.07) is 7.32. The zero-order valence-electron chi connectivity index (χ0n) is 10.9. The number of hydrogen-bond donors (Lipinski definition) is 0. The van der Waals surface area contributed by atoms with E-state index in [0.29, 0.717) is 5.82 Å². The minimum Gasteiger partial charge on any atom is -0.437 e. The molecule has 1 aromatic carbocycles. The van der Waals surface area contributed by atoms with E-state index < -0.39 is 5.82 Å². The number of ether oxygens (including phenoxy) is 1. The topological polar surface area (TPSA) is 58.8 Å². The van der Waals surface area contributed by atoms with Crippen molar-refractivity contribution in [2.45, 2.75) is 19.8 Å². The van der Waals surface area contributed by atoms with Gasteiger partial charge in [-0.05, 0) is 12.1 Å². The molecular formula is C14H11ClFN3O. The van der Waals surface area contributed by atoms with Crippen LogP contribution in [-0.2, 0) is 0 Å². The molecule has 0 aliphatic carbocycles. The summed E-state index contributed by atoms with van der Waals surface area (Å²) in [5.74, 6) is 0.211. The molecule has 2 aromatic rings. The molecule has 0 unspecified atom stereocenters. The summed E-state index contributed by atoms with van der Waals surface area (Å²) in [4.78, 5) is 8.25. The van der Waals surface area contributed by atoms with Gasteiger partial charge in [0.2, 0.25) is 5.88 Å². The second kappa shape index (κ2) is 5.85. The van der Waals surface area contributed by atoms with E-state index in [-0.39, 0.29) is 28.3 Å². The van der Waals surface area contributed by atoms with Gasteiger partial charge in [0.25, 0.3) is 0 Å². The fourth-order valence-corrected chi connectivity index (χ4v) is 1.71. The second-order valence-electron chi connectivity index (χ2n) is 4.37. The number of nitrogens with zero attached hydrogens (tertiary/aromatic N) is 3. The van der Waals surface area contributed by atoms with Crippen molar-refractivity contribution in [2.24, 2.45) is 0 Å². The Kier molecular flexibility index (Phi) is 4.16. The van der Waals surface area contributed by atoms with Gasteiger partial charge in [0.1, 0.15) is 34.2 Å². The molecular weight excluding hydrogens is 281 g/mol. The van der Waals surface area contributed by atoms with Crippen LogP contribution in [0, 0.1) is 17.1 Å². The second-order valence-corrected chi connectivity index (χ2v) is 4.76. The molecule has 6 heteroatoms. The van der Waals surface area contributed by atoms with Gasteiger partial charge in [-0.2, -0.15) is 10.2 Å². The summed E-state index contributed by atoms with van der Waals surface area (Å²) >= 11 is 5.90. The van der Waals surface area contributed by atoms with Crippen LogP contribution < -0.4 is 4.74 Å². The van der Waals surface area contributed by atoms with Gasteiger partial charge in [-0.25, -0.2) is 9.37 Å². The number of nitriles is 1. The third-order valence-corrected chi connectivity index (χ3v) is 2.70. The van der Waals surface area contributed by atoms with Gasteiger partial charge in [0, 0.05) is 12.0 Å². The fourth-order valence-electron chi connectivity index (χ4n) is 1.53. The lowest BCUT2D eigenvalue weighted by Gasteiger charge is -2.10. The van der Waals surface area contributed by atoms with Gasteiger partial charge < -0.3 is 4.74 Å². The average Bonchev–Trinajstić information content (AvgIpc) is 2.38. The minimum absolute atomic E-state index is 0.0685. The van der Waals surface area contributed by atoms with Crippen molar-refractivity contribution in [3.05, 3.63) is 46.6 Å². The maximum Gasteiger partial charge on any atom is 0.224 e. The van der Waals surface area contributed by atoms with Crippen molar-refractivity contribution in [1.29, 1.82) is 5.26 Å². The summed E-state index contributed by atoms with van der Waals surface area (Å²) in [7, 11) is 0. The molecule has 0 radical (unpaired) electrons. The van der Waals surface area contributed by atoms with Crippen LogP contribution in [-0.4, -0.2) is 9.97 Å². The molecule has 0 atom stereocenters. The smallest absolute Gasteiger partial charge is 0.224 e. The van der Waals surface area contributed by atoms with Crippen molar-refractivity contribution in [3.63, 3.8) is 0 Å². The molecule has 0 spiro atoms. The Labute approximate surface area is 120 Å². The molecule has 0 fully saturated rings. The monoisotopic (exact) mass is 291 g/mol. The standard InChI is InChI=1S/C14H11ClFN3O/c1-8(2)14-18-12(15)6-13(19-14)20-11-5-3-4-10(16)9(11)7-17/h3-6,8H,1-2H3. The first-order valence-electron chi connectivity index (χ1n) is 5.92. The van der Waals surface area contributed by atoms with E-state index in [1.54, 1.807) is 6.07 Å².